The molecule has 0 amide bonds. The number of rotatable bonds is 3. The van der Waals surface area contributed by atoms with Crippen LogP contribution in [0.3, 0.4) is 0 Å². The molecule has 1 nitrogen and oxygen atoms in total. The van der Waals surface area contributed by atoms with Crippen molar-refractivity contribution in [2.24, 2.45) is 0 Å². The average molecular weight is 304 g/mol. The van der Waals surface area contributed by atoms with Crippen LogP contribution in [0.25, 0.3) is 0 Å². The first kappa shape index (κ1) is 13.2. The Morgan fingerprint density at radius 1 is 0.944 bits per heavy atom. The highest BCUT2D eigenvalue weighted by Crippen LogP contribution is 2.23. The topological polar surface area (TPSA) is 12.0 Å². The standard InChI is InChI=1S/C16H18BrN/c1-11-8-13(3)14(9-12(11)2)10-18-16-7-5-4-6-15(16)17/h4-9,18H,10H2,1-3H3. The summed E-state index contributed by atoms with van der Waals surface area (Å²) in [4.78, 5) is 0. The van der Waals surface area contributed by atoms with E-state index in [0.717, 1.165) is 16.7 Å². The maximum atomic E-state index is 3.55. The van der Waals surface area contributed by atoms with Crippen molar-refractivity contribution >= 4 is 21.6 Å². The molecule has 0 radical (unpaired) electrons. The van der Waals surface area contributed by atoms with E-state index in [1.807, 2.05) is 12.1 Å². The normalized spacial score (nSPS) is 10.4. The Balaban J connectivity index is 2.16. The smallest absolute Gasteiger partial charge is 0.0487 e. The molecule has 18 heavy (non-hydrogen) atoms. The van der Waals surface area contributed by atoms with Crippen molar-refractivity contribution in [2.45, 2.75) is 27.3 Å². The van der Waals surface area contributed by atoms with Gasteiger partial charge in [-0.15, -0.1) is 0 Å². The van der Waals surface area contributed by atoms with Crippen LogP contribution in [0.5, 0.6) is 0 Å². The molecule has 0 spiro atoms. The first-order valence-electron chi connectivity index (χ1n) is 6.13. The zero-order chi connectivity index (χ0) is 13.1. The van der Waals surface area contributed by atoms with E-state index >= 15 is 0 Å². The Morgan fingerprint density at radius 2 is 1.61 bits per heavy atom. The molecule has 2 aromatic carbocycles. The molecule has 2 aromatic rings. The van der Waals surface area contributed by atoms with E-state index in [0.29, 0.717) is 0 Å². The fourth-order valence-electron chi connectivity index (χ4n) is 2.01. The Kier molecular flexibility index (Phi) is 4.07. The number of hydrogen-bond donors (Lipinski definition) is 1. The van der Waals surface area contributed by atoms with Gasteiger partial charge < -0.3 is 5.32 Å². The van der Waals surface area contributed by atoms with Gasteiger partial charge in [0.15, 0.2) is 0 Å². The monoisotopic (exact) mass is 303 g/mol. The van der Waals surface area contributed by atoms with Gasteiger partial charge in [-0.2, -0.15) is 0 Å². The van der Waals surface area contributed by atoms with Gasteiger partial charge in [0.1, 0.15) is 0 Å². The summed E-state index contributed by atoms with van der Waals surface area (Å²) in [5.41, 5.74) is 6.54. The third kappa shape index (κ3) is 2.94. The molecule has 0 atom stereocenters. The molecule has 0 saturated heterocycles. The van der Waals surface area contributed by atoms with Gasteiger partial charge in [0.05, 0.1) is 0 Å². The van der Waals surface area contributed by atoms with E-state index in [2.05, 4.69) is 66.3 Å². The lowest BCUT2D eigenvalue weighted by Gasteiger charge is -2.12. The molecular weight excluding hydrogens is 286 g/mol. The Bertz CT molecular complexity index is 561. The van der Waals surface area contributed by atoms with E-state index in [9.17, 15) is 0 Å². The number of benzene rings is 2. The highest BCUT2D eigenvalue weighted by molar-refractivity contribution is 9.10. The van der Waals surface area contributed by atoms with Gasteiger partial charge in [-0.1, -0.05) is 24.3 Å². The van der Waals surface area contributed by atoms with E-state index in [1.165, 1.54) is 22.3 Å². The highest BCUT2D eigenvalue weighted by Gasteiger charge is 2.03. The van der Waals surface area contributed by atoms with Crippen molar-refractivity contribution < 1.29 is 0 Å². The van der Waals surface area contributed by atoms with E-state index in [1.54, 1.807) is 0 Å². The largest absolute Gasteiger partial charge is 0.380 e. The number of para-hydroxylation sites is 1. The molecule has 0 fully saturated rings. The first-order chi connectivity index (χ1) is 8.58. The summed E-state index contributed by atoms with van der Waals surface area (Å²) in [5.74, 6) is 0. The number of hydrogen-bond acceptors (Lipinski definition) is 1. The number of anilines is 1. The van der Waals surface area contributed by atoms with Crippen LogP contribution in [0, 0.1) is 20.8 Å². The zero-order valence-corrected chi connectivity index (χ0v) is 12.6. The lowest BCUT2D eigenvalue weighted by atomic mass is 10.0. The highest BCUT2D eigenvalue weighted by atomic mass is 79.9. The van der Waals surface area contributed by atoms with Gasteiger partial charge in [-0.3, -0.25) is 0 Å². The molecule has 2 heteroatoms. The SMILES string of the molecule is Cc1cc(C)c(CNc2ccccc2Br)cc1C. The molecular formula is C16H18BrN. The molecule has 0 saturated carbocycles. The Hall–Kier alpha value is -1.28. The quantitative estimate of drug-likeness (QED) is 0.842. The lowest BCUT2D eigenvalue weighted by Crippen LogP contribution is -2.03. The van der Waals surface area contributed by atoms with Crippen molar-refractivity contribution in [3.05, 3.63) is 63.1 Å². The van der Waals surface area contributed by atoms with Crippen LogP contribution in [0.2, 0.25) is 0 Å². The van der Waals surface area contributed by atoms with Gasteiger partial charge in [0, 0.05) is 16.7 Å². The summed E-state index contributed by atoms with van der Waals surface area (Å²) >= 11 is 3.55. The summed E-state index contributed by atoms with van der Waals surface area (Å²) in [5, 5.41) is 3.47. The maximum Gasteiger partial charge on any atom is 0.0487 e. The molecule has 0 aliphatic heterocycles. The minimum absolute atomic E-state index is 0.857. The van der Waals surface area contributed by atoms with Crippen LogP contribution in [0.4, 0.5) is 5.69 Å². The van der Waals surface area contributed by atoms with Crippen LogP contribution in [0.15, 0.2) is 40.9 Å². The molecule has 0 bridgehead atoms. The third-order valence-electron chi connectivity index (χ3n) is 3.30. The van der Waals surface area contributed by atoms with Gasteiger partial charge >= 0.3 is 0 Å². The van der Waals surface area contributed by atoms with Crippen LogP contribution in [-0.4, -0.2) is 0 Å². The second-order valence-electron chi connectivity index (χ2n) is 4.70. The summed E-state index contributed by atoms with van der Waals surface area (Å²) in [6, 6.07) is 12.7. The van der Waals surface area contributed by atoms with Crippen LogP contribution in [0.1, 0.15) is 22.3 Å². The van der Waals surface area contributed by atoms with Crippen LogP contribution < -0.4 is 5.32 Å². The molecule has 0 aliphatic carbocycles. The molecule has 1 N–H and O–H groups in total. The van der Waals surface area contributed by atoms with Gasteiger partial charge in [0.25, 0.3) is 0 Å². The third-order valence-corrected chi connectivity index (χ3v) is 3.99. The Labute approximate surface area is 117 Å². The fraction of sp³-hybridized carbons (Fsp3) is 0.250. The number of halogens is 1. The fourth-order valence-corrected chi connectivity index (χ4v) is 2.43. The molecule has 0 aromatic heterocycles. The van der Waals surface area contributed by atoms with Crippen molar-refractivity contribution in [3.8, 4) is 0 Å². The van der Waals surface area contributed by atoms with Crippen molar-refractivity contribution in [3.63, 3.8) is 0 Å². The van der Waals surface area contributed by atoms with Crippen molar-refractivity contribution in [2.75, 3.05) is 5.32 Å². The molecule has 0 aliphatic rings. The van der Waals surface area contributed by atoms with Gasteiger partial charge in [-0.25, -0.2) is 0 Å². The summed E-state index contributed by atoms with van der Waals surface area (Å²) in [6.07, 6.45) is 0. The molecule has 0 heterocycles. The first-order valence-corrected chi connectivity index (χ1v) is 6.92. The van der Waals surface area contributed by atoms with Crippen molar-refractivity contribution in [1.29, 1.82) is 0 Å². The average Bonchev–Trinajstić information content (AvgIpc) is 2.34. The summed E-state index contributed by atoms with van der Waals surface area (Å²) in [6.45, 7) is 7.35. The second-order valence-corrected chi connectivity index (χ2v) is 5.55. The van der Waals surface area contributed by atoms with E-state index in [4.69, 9.17) is 0 Å². The zero-order valence-electron chi connectivity index (χ0n) is 11.0. The Morgan fingerprint density at radius 3 is 2.33 bits per heavy atom. The summed E-state index contributed by atoms with van der Waals surface area (Å²) < 4.78 is 1.10. The number of nitrogens with one attached hydrogen (secondary N) is 1. The van der Waals surface area contributed by atoms with Gasteiger partial charge in [0.2, 0.25) is 0 Å². The molecule has 94 valence electrons. The van der Waals surface area contributed by atoms with Crippen LogP contribution in [-0.2, 0) is 6.54 Å². The van der Waals surface area contributed by atoms with E-state index in [-0.39, 0.29) is 0 Å². The van der Waals surface area contributed by atoms with Crippen LogP contribution >= 0.6 is 15.9 Å². The van der Waals surface area contributed by atoms with E-state index < -0.39 is 0 Å². The van der Waals surface area contributed by atoms with Crippen molar-refractivity contribution in [1.82, 2.24) is 0 Å². The predicted molar refractivity (Wildman–Crippen MR) is 82.1 cm³/mol. The minimum Gasteiger partial charge on any atom is -0.380 e. The predicted octanol–water partition coefficient (Wildman–Crippen LogP) is 4.99. The van der Waals surface area contributed by atoms with Gasteiger partial charge in [-0.05, 0) is 71.1 Å². The summed E-state index contributed by atoms with van der Waals surface area (Å²) in [7, 11) is 0. The second kappa shape index (κ2) is 5.57. The lowest BCUT2D eigenvalue weighted by molar-refractivity contribution is 1.10. The molecule has 2 rings (SSSR count). The number of aryl methyl sites for hydroxylation is 3. The minimum atomic E-state index is 0.857. The molecule has 0 unspecified atom stereocenters. The maximum absolute atomic E-state index is 3.55.